The smallest absolute Gasteiger partial charge is 0.229 e. The second kappa shape index (κ2) is 5.93. The first kappa shape index (κ1) is 13.7. The number of carbonyl (C=O) groups is 2. The Morgan fingerprint density at radius 2 is 2.21 bits per heavy atom. The number of Topliss-reactive ketones (excluding diaryl/α,β-unsaturated/α-hetero) is 1. The maximum absolute atomic E-state index is 13.2. The molecule has 2 rings (SSSR count). The number of halogens is 1. The van der Waals surface area contributed by atoms with E-state index in [0.717, 1.165) is 18.9 Å². The Morgan fingerprint density at radius 1 is 1.42 bits per heavy atom. The van der Waals surface area contributed by atoms with E-state index in [0.29, 0.717) is 18.8 Å². The summed E-state index contributed by atoms with van der Waals surface area (Å²) in [6.07, 6.45) is 1.58. The summed E-state index contributed by atoms with van der Waals surface area (Å²) in [5.41, 5.74) is 0.537. The molecular weight excluding hydrogens is 249 g/mol. The lowest BCUT2D eigenvalue weighted by Crippen LogP contribution is -2.30. The van der Waals surface area contributed by atoms with Crippen molar-refractivity contribution in [2.75, 3.05) is 18.5 Å². The molecule has 1 aromatic carbocycles. The largest absolute Gasteiger partial charge is 0.381 e. The standard InChI is InChI=1S/C14H16FNO3/c1-9(17)12-5-4-11(15)7-13(12)16-14(18)10-3-2-6-19-8-10/h4-5,7,10H,2-3,6,8H2,1H3,(H,16,18)/t10-/m0/s1. The van der Waals surface area contributed by atoms with Crippen LogP contribution in [0, 0.1) is 11.7 Å². The van der Waals surface area contributed by atoms with Gasteiger partial charge in [-0.3, -0.25) is 9.59 Å². The number of benzene rings is 1. The first-order valence-corrected chi connectivity index (χ1v) is 6.27. The Hall–Kier alpha value is -1.75. The first-order chi connectivity index (χ1) is 9.08. The fourth-order valence-electron chi connectivity index (χ4n) is 2.11. The normalized spacial score (nSPS) is 18.9. The van der Waals surface area contributed by atoms with E-state index < -0.39 is 5.82 Å². The summed E-state index contributed by atoms with van der Waals surface area (Å²) >= 11 is 0. The fourth-order valence-corrected chi connectivity index (χ4v) is 2.11. The van der Waals surface area contributed by atoms with E-state index in [-0.39, 0.29) is 23.3 Å². The number of ether oxygens (including phenoxy) is 1. The molecule has 0 radical (unpaired) electrons. The predicted octanol–water partition coefficient (Wildman–Crippen LogP) is 2.39. The molecule has 1 aliphatic rings. The lowest BCUT2D eigenvalue weighted by atomic mass is 10.0. The van der Waals surface area contributed by atoms with Crippen molar-refractivity contribution in [2.45, 2.75) is 19.8 Å². The van der Waals surface area contributed by atoms with Gasteiger partial charge in [0.1, 0.15) is 5.82 Å². The number of nitrogens with one attached hydrogen (secondary N) is 1. The van der Waals surface area contributed by atoms with Crippen LogP contribution in [0.3, 0.4) is 0 Å². The number of carbonyl (C=O) groups excluding carboxylic acids is 2. The van der Waals surface area contributed by atoms with Crippen molar-refractivity contribution < 1.29 is 18.7 Å². The van der Waals surface area contributed by atoms with E-state index in [2.05, 4.69) is 5.32 Å². The summed E-state index contributed by atoms with van der Waals surface area (Å²) in [4.78, 5) is 23.5. The van der Waals surface area contributed by atoms with Crippen molar-refractivity contribution in [1.82, 2.24) is 0 Å². The molecule has 1 N–H and O–H groups in total. The molecule has 0 saturated carbocycles. The van der Waals surface area contributed by atoms with Crippen LogP contribution >= 0.6 is 0 Å². The van der Waals surface area contributed by atoms with Crippen LogP contribution in [-0.2, 0) is 9.53 Å². The third-order valence-electron chi connectivity index (χ3n) is 3.15. The zero-order valence-electron chi connectivity index (χ0n) is 10.7. The lowest BCUT2D eigenvalue weighted by molar-refractivity contribution is -0.123. The third kappa shape index (κ3) is 3.38. The second-order valence-corrected chi connectivity index (χ2v) is 4.65. The fraction of sp³-hybridized carbons (Fsp3) is 0.429. The van der Waals surface area contributed by atoms with Crippen molar-refractivity contribution in [3.8, 4) is 0 Å². The molecule has 0 aliphatic carbocycles. The molecule has 1 aromatic rings. The number of rotatable bonds is 3. The van der Waals surface area contributed by atoms with Gasteiger partial charge in [-0.05, 0) is 38.0 Å². The number of hydrogen-bond donors (Lipinski definition) is 1. The highest BCUT2D eigenvalue weighted by Gasteiger charge is 2.23. The van der Waals surface area contributed by atoms with Crippen LogP contribution in [0.15, 0.2) is 18.2 Å². The Labute approximate surface area is 110 Å². The van der Waals surface area contributed by atoms with E-state index in [1.54, 1.807) is 0 Å². The summed E-state index contributed by atoms with van der Waals surface area (Å²) in [7, 11) is 0. The minimum atomic E-state index is -0.486. The first-order valence-electron chi connectivity index (χ1n) is 6.27. The monoisotopic (exact) mass is 265 g/mol. The molecule has 1 fully saturated rings. The number of anilines is 1. The topological polar surface area (TPSA) is 55.4 Å². The lowest BCUT2D eigenvalue weighted by Gasteiger charge is -2.21. The minimum Gasteiger partial charge on any atom is -0.381 e. The molecule has 1 atom stereocenters. The number of amides is 1. The molecule has 0 unspecified atom stereocenters. The maximum Gasteiger partial charge on any atom is 0.229 e. The van der Waals surface area contributed by atoms with Gasteiger partial charge in [0.15, 0.2) is 5.78 Å². The predicted molar refractivity (Wildman–Crippen MR) is 68.6 cm³/mol. The van der Waals surface area contributed by atoms with Gasteiger partial charge in [-0.25, -0.2) is 4.39 Å². The van der Waals surface area contributed by atoms with Crippen molar-refractivity contribution >= 4 is 17.4 Å². The molecule has 1 saturated heterocycles. The molecule has 0 spiro atoms. The van der Waals surface area contributed by atoms with Crippen LogP contribution in [0.1, 0.15) is 30.1 Å². The van der Waals surface area contributed by atoms with E-state index in [4.69, 9.17) is 4.74 Å². The van der Waals surface area contributed by atoms with Crippen LogP contribution in [0.2, 0.25) is 0 Å². The van der Waals surface area contributed by atoms with Gasteiger partial charge in [0.2, 0.25) is 5.91 Å². The van der Waals surface area contributed by atoms with Crippen molar-refractivity contribution in [1.29, 1.82) is 0 Å². The summed E-state index contributed by atoms with van der Waals surface area (Å²) < 4.78 is 18.5. The van der Waals surface area contributed by atoms with E-state index >= 15 is 0 Å². The second-order valence-electron chi connectivity index (χ2n) is 4.65. The quantitative estimate of drug-likeness (QED) is 0.854. The van der Waals surface area contributed by atoms with Gasteiger partial charge in [-0.1, -0.05) is 0 Å². The van der Waals surface area contributed by atoms with Crippen molar-refractivity contribution in [3.05, 3.63) is 29.6 Å². The van der Waals surface area contributed by atoms with Crippen LogP contribution in [0.5, 0.6) is 0 Å². The summed E-state index contributed by atoms with van der Waals surface area (Å²) in [5.74, 6) is -1.17. The van der Waals surface area contributed by atoms with Crippen molar-refractivity contribution in [2.24, 2.45) is 5.92 Å². The molecule has 1 heterocycles. The zero-order valence-corrected chi connectivity index (χ0v) is 10.7. The van der Waals surface area contributed by atoms with Gasteiger partial charge in [-0.15, -0.1) is 0 Å². The van der Waals surface area contributed by atoms with Crippen LogP contribution in [0.4, 0.5) is 10.1 Å². The summed E-state index contributed by atoms with van der Waals surface area (Å²) in [6, 6.07) is 3.75. The molecule has 1 aliphatic heterocycles. The Bertz CT molecular complexity index is 495. The summed E-state index contributed by atoms with van der Waals surface area (Å²) in [5, 5.41) is 2.62. The molecule has 102 valence electrons. The van der Waals surface area contributed by atoms with Crippen LogP contribution in [-0.4, -0.2) is 24.9 Å². The highest BCUT2D eigenvalue weighted by Crippen LogP contribution is 2.21. The molecule has 5 heteroatoms. The molecule has 19 heavy (non-hydrogen) atoms. The number of ketones is 1. The molecule has 1 amide bonds. The van der Waals surface area contributed by atoms with E-state index in [1.165, 1.54) is 19.1 Å². The van der Waals surface area contributed by atoms with Gasteiger partial charge >= 0.3 is 0 Å². The third-order valence-corrected chi connectivity index (χ3v) is 3.15. The minimum absolute atomic E-state index is 0.213. The van der Waals surface area contributed by atoms with Gasteiger partial charge in [0.25, 0.3) is 0 Å². The SMILES string of the molecule is CC(=O)c1ccc(F)cc1NC(=O)[C@H]1CCCOC1. The van der Waals surface area contributed by atoms with Crippen LogP contribution in [0.25, 0.3) is 0 Å². The average Bonchev–Trinajstić information content (AvgIpc) is 2.39. The van der Waals surface area contributed by atoms with E-state index in [9.17, 15) is 14.0 Å². The molecule has 0 bridgehead atoms. The maximum atomic E-state index is 13.2. The zero-order chi connectivity index (χ0) is 13.8. The Morgan fingerprint density at radius 3 is 2.84 bits per heavy atom. The van der Waals surface area contributed by atoms with Gasteiger partial charge in [-0.2, -0.15) is 0 Å². The Balaban J connectivity index is 2.15. The molecule has 0 aromatic heterocycles. The van der Waals surface area contributed by atoms with Crippen molar-refractivity contribution in [3.63, 3.8) is 0 Å². The molecular formula is C14H16FNO3. The highest BCUT2D eigenvalue weighted by atomic mass is 19.1. The average molecular weight is 265 g/mol. The molecule has 4 nitrogen and oxygen atoms in total. The van der Waals surface area contributed by atoms with Crippen LogP contribution < -0.4 is 5.32 Å². The van der Waals surface area contributed by atoms with Gasteiger partial charge in [0, 0.05) is 12.2 Å². The van der Waals surface area contributed by atoms with Gasteiger partial charge in [0.05, 0.1) is 18.2 Å². The summed E-state index contributed by atoms with van der Waals surface area (Å²) in [6.45, 7) is 2.42. The van der Waals surface area contributed by atoms with Gasteiger partial charge < -0.3 is 10.1 Å². The highest BCUT2D eigenvalue weighted by molar-refractivity contribution is 6.04. The Kier molecular flexibility index (Phi) is 4.27. The van der Waals surface area contributed by atoms with E-state index in [1.807, 2.05) is 0 Å². The number of hydrogen-bond acceptors (Lipinski definition) is 3.